The van der Waals surface area contributed by atoms with Gasteiger partial charge in [0.15, 0.2) is 0 Å². The summed E-state index contributed by atoms with van der Waals surface area (Å²) in [6, 6.07) is 10.6. The highest BCUT2D eigenvalue weighted by Gasteiger charge is 2.42. The number of aryl methyl sites for hydroxylation is 1. The second-order valence-corrected chi connectivity index (χ2v) is 8.11. The van der Waals surface area contributed by atoms with E-state index in [1.54, 1.807) is 23.9 Å². The minimum Gasteiger partial charge on any atom is -0.462 e. The van der Waals surface area contributed by atoms with Gasteiger partial charge in [-0.15, -0.1) is 0 Å². The van der Waals surface area contributed by atoms with Crippen LogP contribution in [-0.2, 0) is 18.4 Å². The van der Waals surface area contributed by atoms with E-state index < -0.39 is 5.79 Å². The van der Waals surface area contributed by atoms with Crippen LogP contribution in [0.5, 0.6) is 5.75 Å². The zero-order valence-electron chi connectivity index (χ0n) is 15.8. The van der Waals surface area contributed by atoms with Crippen LogP contribution < -0.4 is 10.3 Å². The molecule has 1 saturated carbocycles. The summed E-state index contributed by atoms with van der Waals surface area (Å²) in [5.41, 5.74) is 3.00. The highest BCUT2D eigenvalue weighted by molar-refractivity contribution is 5.65. The van der Waals surface area contributed by atoms with E-state index in [2.05, 4.69) is 11.0 Å². The normalized spacial score (nSPS) is 22.1. The molecule has 3 aliphatic rings. The summed E-state index contributed by atoms with van der Waals surface area (Å²) in [7, 11) is 1.76. The van der Waals surface area contributed by atoms with Crippen molar-refractivity contribution in [2.45, 2.75) is 50.5 Å². The van der Waals surface area contributed by atoms with Gasteiger partial charge in [0.05, 0.1) is 6.61 Å². The van der Waals surface area contributed by atoms with E-state index in [0.717, 1.165) is 54.4 Å². The monoisotopic (exact) mass is 366 g/mol. The molecule has 0 radical (unpaired) electrons. The fourth-order valence-corrected chi connectivity index (χ4v) is 4.37. The minimum atomic E-state index is -0.461. The maximum atomic E-state index is 11.9. The molecule has 2 fully saturated rings. The molecule has 2 aliphatic heterocycles. The zero-order valence-corrected chi connectivity index (χ0v) is 15.8. The van der Waals surface area contributed by atoms with Crippen LogP contribution in [0.25, 0.3) is 11.1 Å². The van der Waals surface area contributed by atoms with Crippen molar-refractivity contribution in [3.8, 4) is 16.9 Å². The predicted molar refractivity (Wildman–Crippen MR) is 104 cm³/mol. The summed E-state index contributed by atoms with van der Waals surface area (Å²) in [5.74, 6) is 0.461. The quantitative estimate of drug-likeness (QED) is 0.818. The number of pyridine rings is 1. The second-order valence-electron chi connectivity index (χ2n) is 8.11. The van der Waals surface area contributed by atoms with Gasteiger partial charge < -0.3 is 14.0 Å². The third kappa shape index (κ3) is 3.09. The van der Waals surface area contributed by atoms with Crippen molar-refractivity contribution in [3.63, 3.8) is 0 Å². The number of ether oxygens (including phenoxy) is 2. The van der Waals surface area contributed by atoms with E-state index >= 15 is 0 Å². The van der Waals surface area contributed by atoms with E-state index in [4.69, 9.17) is 9.47 Å². The molecule has 1 aliphatic carbocycles. The Morgan fingerprint density at radius 2 is 1.85 bits per heavy atom. The van der Waals surface area contributed by atoms with Crippen molar-refractivity contribution in [3.05, 3.63) is 52.4 Å². The van der Waals surface area contributed by atoms with Gasteiger partial charge in [-0.25, -0.2) is 0 Å². The van der Waals surface area contributed by atoms with Gasteiger partial charge in [-0.3, -0.25) is 9.69 Å². The first-order valence-corrected chi connectivity index (χ1v) is 9.99. The Hall–Kier alpha value is -2.11. The number of benzene rings is 1. The van der Waals surface area contributed by atoms with Crippen LogP contribution in [0.4, 0.5) is 0 Å². The Balaban J connectivity index is 1.33. The van der Waals surface area contributed by atoms with Gasteiger partial charge >= 0.3 is 0 Å². The lowest BCUT2D eigenvalue weighted by molar-refractivity contribution is -0.231. The number of rotatable bonds is 2. The molecule has 5 rings (SSSR count). The molecule has 1 spiro atoms. The summed E-state index contributed by atoms with van der Waals surface area (Å²) in [6.07, 6.45) is 7.74. The lowest BCUT2D eigenvalue weighted by Crippen LogP contribution is -2.54. The molecule has 27 heavy (non-hydrogen) atoms. The number of hydrogen-bond donors (Lipinski definition) is 0. The lowest BCUT2D eigenvalue weighted by atomic mass is 9.89. The molecule has 5 heteroatoms. The maximum absolute atomic E-state index is 11.9. The fraction of sp³-hybridized carbons (Fsp3) is 0.500. The van der Waals surface area contributed by atoms with Crippen molar-refractivity contribution in [2.24, 2.45) is 7.05 Å². The first kappa shape index (κ1) is 17.0. The van der Waals surface area contributed by atoms with Crippen LogP contribution in [0.1, 0.15) is 37.7 Å². The molecule has 0 atom stereocenters. The zero-order chi connectivity index (χ0) is 18.4. The number of nitrogens with zero attached hydrogens (tertiary/aromatic N) is 2. The van der Waals surface area contributed by atoms with Gasteiger partial charge in [0.25, 0.3) is 5.56 Å². The molecule has 0 unspecified atom stereocenters. The van der Waals surface area contributed by atoms with Crippen molar-refractivity contribution in [1.29, 1.82) is 0 Å². The number of hydrogen-bond acceptors (Lipinski definition) is 4. The lowest BCUT2D eigenvalue weighted by Gasteiger charge is -2.47. The Morgan fingerprint density at radius 1 is 1.07 bits per heavy atom. The highest BCUT2D eigenvalue weighted by atomic mass is 16.7. The Labute approximate surface area is 159 Å². The molecule has 1 aromatic heterocycles. The van der Waals surface area contributed by atoms with Crippen LogP contribution in [0.15, 0.2) is 41.3 Å². The summed E-state index contributed by atoms with van der Waals surface area (Å²) in [4.78, 5) is 14.5. The molecule has 5 nitrogen and oxygen atoms in total. The molecule has 0 amide bonds. The SMILES string of the molecule is Cn1ccc(-c2ccc3c(c2)COC2(CCN(C4CCC4)CC2)O3)cc1=O. The van der Waals surface area contributed by atoms with Crippen LogP contribution in [0, 0.1) is 0 Å². The van der Waals surface area contributed by atoms with Crippen LogP contribution in [0.3, 0.4) is 0 Å². The smallest absolute Gasteiger partial charge is 0.250 e. The molecular formula is C22H26N2O3. The number of likely N-dealkylation sites (tertiary alicyclic amines) is 1. The number of aromatic nitrogens is 1. The first-order valence-electron chi connectivity index (χ1n) is 9.99. The molecule has 0 bridgehead atoms. The standard InChI is InChI=1S/C22H26N2O3/c1-23-10-7-17(14-21(23)25)16-5-6-20-18(13-16)15-26-22(27-20)8-11-24(12-9-22)19-3-2-4-19/h5-7,10,13-14,19H,2-4,8-9,11-12,15H2,1H3. The predicted octanol–water partition coefficient (Wildman–Crippen LogP) is 3.31. The van der Waals surface area contributed by atoms with Crippen molar-refractivity contribution in [2.75, 3.05) is 13.1 Å². The summed E-state index contributed by atoms with van der Waals surface area (Å²) in [6.45, 7) is 2.69. The van der Waals surface area contributed by atoms with Crippen LogP contribution >= 0.6 is 0 Å². The molecule has 2 aromatic rings. The average Bonchev–Trinajstić information content (AvgIpc) is 2.64. The minimum absolute atomic E-state index is 0.00473. The van der Waals surface area contributed by atoms with E-state index in [9.17, 15) is 4.79 Å². The molecular weight excluding hydrogens is 340 g/mol. The van der Waals surface area contributed by atoms with Crippen molar-refractivity contribution >= 4 is 0 Å². The summed E-state index contributed by atoms with van der Waals surface area (Å²) in [5, 5.41) is 0. The second kappa shape index (κ2) is 6.50. The number of fused-ring (bicyclic) bond motifs is 1. The third-order valence-electron chi connectivity index (χ3n) is 6.44. The number of piperidine rings is 1. The molecule has 1 saturated heterocycles. The van der Waals surface area contributed by atoms with Gasteiger partial charge in [-0.2, -0.15) is 0 Å². The summed E-state index contributed by atoms with van der Waals surface area (Å²) < 4.78 is 14.2. The molecule has 1 aromatic carbocycles. The van der Waals surface area contributed by atoms with Gasteiger partial charge in [0, 0.05) is 56.8 Å². The highest BCUT2D eigenvalue weighted by Crippen LogP contribution is 2.40. The largest absolute Gasteiger partial charge is 0.462 e. The molecule has 142 valence electrons. The fourth-order valence-electron chi connectivity index (χ4n) is 4.37. The van der Waals surface area contributed by atoms with Gasteiger partial charge in [0.1, 0.15) is 5.75 Å². The van der Waals surface area contributed by atoms with E-state index in [0.29, 0.717) is 6.61 Å². The van der Waals surface area contributed by atoms with E-state index in [1.165, 1.54) is 19.3 Å². The summed E-state index contributed by atoms with van der Waals surface area (Å²) >= 11 is 0. The Morgan fingerprint density at radius 3 is 2.56 bits per heavy atom. The Bertz CT molecular complexity index is 908. The van der Waals surface area contributed by atoms with Gasteiger partial charge in [0.2, 0.25) is 5.79 Å². The average molecular weight is 366 g/mol. The van der Waals surface area contributed by atoms with Crippen LogP contribution in [0.2, 0.25) is 0 Å². The van der Waals surface area contributed by atoms with Crippen LogP contribution in [-0.4, -0.2) is 34.4 Å². The Kier molecular flexibility index (Phi) is 4.10. The maximum Gasteiger partial charge on any atom is 0.250 e. The molecule has 0 N–H and O–H groups in total. The van der Waals surface area contributed by atoms with E-state index in [1.807, 2.05) is 18.2 Å². The first-order chi connectivity index (χ1) is 13.1. The van der Waals surface area contributed by atoms with Gasteiger partial charge in [-0.05, 0) is 42.2 Å². The molecule has 3 heterocycles. The van der Waals surface area contributed by atoms with Crippen molar-refractivity contribution < 1.29 is 9.47 Å². The van der Waals surface area contributed by atoms with Crippen molar-refractivity contribution in [1.82, 2.24) is 9.47 Å². The topological polar surface area (TPSA) is 43.7 Å². The van der Waals surface area contributed by atoms with E-state index in [-0.39, 0.29) is 5.56 Å². The van der Waals surface area contributed by atoms with Gasteiger partial charge in [-0.1, -0.05) is 12.5 Å². The third-order valence-corrected chi connectivity index (χ3v) is 6.44.